The second-order valence-corrected chi connectivity index (χ2v) is 7.52. The summed E-state index contributed by atoms with van der Waals surface area (Å²) in [5, 5.41) is 6.83. The normalized spacial score (nSPS) is 11.1. The minimum atomic E-state index is -0.216. The van der Waals surface area contributed by atoms with Gasteiger partial charge in [0.05, 0.1) is 28.1 Å². The van der Waals surface area contributed by atoms with E-state index in [-0.39, 0.29) is 5.91 Å². The van der Waals surface area contributed by atoms with Gasteiger partial charge < -0.3 is 10.1 Å². The standard InChI is InChI=1S/C23H19N3O2S/c1-16-25-20(15-29-16)14-28-21-7-4-5-17(11-21)9-10-23(27)26-19-12-18-6-2-3-8-22(18)24-13-19/h2-13,15H,14H2,1H3,(H,26,27)/b10-9+. The number of ether oxygens (including phenoxy) is 1. The fourth-order valence-corrected chi connectivity index (χ4v) is 3.43. The zero-order valence-corrected chi connectivity index (χ0v) is 16.6. The van der Waals surface area contributed by atoms with E-state index in [0.29, 0.717) is 12.3 Å². The number of nitrogens with zero attached hydrogens (tertiary/aromatic N) is 2. The molecule has 0 fully saturated rings. The van der Waals surface area contributed by atoms with Crippen molar-refractivity contribution in [3.8, 4) is 5.75 Å². The molecule has 0 atom stereocenters. The van der Waals surface area contributed by atoms with Crippen molar-refractivity contribution >= 4 is 39.9 Å². The maximum absolute atomic E-state index is 12.3. The van der Waals surface area contributed by atoms with Crippen LogP contribution in [-0.4, -0.2) is 15.9 Å². The molecule has 0 saturated heterocycles. The molecule has 0 aliphatic rings. The first-order valence-electron chi connectivity index (χ1n) is 9.13. The third-order valence-electron chi connectivity index (χ3n) is 4.20. The van der Waals surface area contributed by atoms with Gasteiger partial charge in [-0.05, 0) is 42.8 Å². The summed E-state index contributed by atoms with van der Waals surface area (Å²) >= 11 is 1.60. The van der Waals surface area contributed by atoms with Crippen LogP contribution in [0.1, 0.15) is 16.3 Å². The zero-order valence-electron chi connectivity index (χ0n) is 15.8. The average molecular weight is 401 g/mol. The molecule has 0 unspecified atom stereocenters. The molecule has 0 radical (unpaired) electrons. The molecular weight excluding hydrogens is 382 g/mol. The lowest BCUT2D eigenvalue weighted by molar-refractivity contribution is -0.111. The Bertz CT molecular complexity index is 1180. The lowest BCUT2D eigenvalue weighted by Gasteiger charge is -2.05. The predicted octanol–water partition coefficient (Wildman–Crippen LogP) is 5.23. The van der Waals surface area contributed by atoms with Crippen LogP contribution in [0.3, 0.4) is 0 Å². The number of aryl methyl sites for hydroxylation is 1. The number of anilines is 1. The van der Waals surface area contributed by atoms with Gasteiger partial charge in [0.15, 0.2) is 0 Å². The number of rotatable bonds is 6. The van der Waals surface area contributed by atoms with E-state index in [2.05, 4.69) is 15.3 Å². The summed E-state index contributed by atoms with van der Waals surface area (Å²) in [6.07, 6.45) is 4.91. The highest BCUT2D eigenvalue weighted by Gasteiger charge is 2.02. The molecular formula is C23H19N3O2S. The Balaban J connectivity index is 1.38. The predicted molar refractivity (Wildman–Crippen MR) is 117 cm³/mol. The van der Waals surface area contributed by atoms with Gasteiger partial charge in [-0.1, -0.05) is 30.3 Å². The first kappa shape index (κ1) is 18.8. The van der Waals surface area contributed by atoms with Crippen LogP contribution in [0, 0.1) is 6.92 Å². The molecule has 0 bridgehead atoms. The topological polar surface area (TPSA) is 64.1 Å². The fourth-order valence-electron chi connectivity index (χ4n) is 2.84. The Labute approximate surface area is 172 Å². The molecule has 0 spiro atoms. The smallest absolute Gasteiger partial charge is 0.248 e. The summed E-state index contributed by atoms with van der Waals surface area (Å²) < 4.78 is 5.79. The molecule has 2 heterocycles. The molecule has 6 heteroatoms. The maximum atomic E-state index is 12.3. The second kappa shape index (κ2) is 8.67. The molecule has 29 heavy (non-hydrogen) atoms. The Hall–Kier alpha value is -3.51. The Morgan fingerprint density at radius 2 is 2.07 bits per heavy atom. The minimum Gasteiger partial charge on any atom is -0.487 e. The van der Waals surface area contributed by atoms with E-state index in [0.717, 1.165) is 32.9 Å². The molecule has 4 rings (SSSR count). The minimum absolute atomic E-state index is 0.216. The summed E-state index contributed by atoms with van der Waals surface area (Å²) in [7, 11) is 0. The van der Waals surface area contributed by atoms with Gasteiger partial charge >= 0.3 is 0 Å². The van der Waals surface area contributed by atoms with Crippen molar-refractivity contribution in [1.82, 2.24) is 9.97 Å². The quantitative estimate of drug-likeness (QED) is 0.449. The van der Waals surface area contributed by atoms with Crippen LogP contribution in [0.4, 0.5) is 5.69 Å². The number of fused-ring (bicyclic) bond motifs is 1. The van der Waals surface area contributed by atoms with E-state index in [1.54, 1.807) is 23.6 Å². The van der Waals surface area contributed by atoms with Crippen LogP contribution < -0.4 is 10.1 Å². The summed E-state index contributed by atoms with van der Waals surface area (Å²) in [6, 6.07) is 17.3. The third kappa shape index (κ3) is 5.06. The molecule has 0 aliphatic carbocycles. The monoisotopic (exact) mass is 401 g/mol. The van der Waals surface area contributed by atoms with Crippen molar-refractivity contribution in [2.75, 3.05) is 5.32 Å². The van der Waals surface area contributed by atoms with Crippen molar-refractivity contribution in [1.29, 1.82) is 0 Å². The first-order chi connectivity index (χ1) is 14.2. The number of pyridine rings is 1. The van der Waals surface area contributed by atoms with Crippen LogP contribution in [0.5, 0.6) is 5.75 Å². The van der Waals surface area contributed by atoms with Crippen molar-refractivity contribution < 1.29 is 9.53 Å². The summed E-state index contributed by atoms with van der Waals surface area (Å²) in [5.41, 5.74) is 3.35. The number of nitrogens with one attached hydrogen (secondary N) is 1. The number of aromatic nitrogens is 2. The van der Waals surface area contributed by atoms with Gasteiger partial charge in [0.1, 0.15) is 12.4 Å². The third-order valence-corrected chi connectivity index (χ3v) is 5.02. The number of carbonyl (C=O) groups excluding carboxylic acids is 1. The number of hydrogen-bond acceptors (Lipinski definition) is 5. The van der Waals surface area contributed by atoms with E-state index in [1.807, 2.05) is 66.9 Å². The molecule has 1 amide bonds. The van der Waals surface area contributed by atoms with E-state index >= 15 is 0 Å². The Kier molecular flexibility index (Phi) is 5.63. The average Bonchev–Trinajstić information content (AvgIpc) is 3.16. The van der Waals surface area contributed by atoms with Crippen molar-refractivity contribution in [3.05, 3.63) is 88.5 Å². The van der Waals surface area contributed by atoms with Gasteiger partial charge in [-0.25, -0.2) is 4.98 Å². The van der Waals surface area contributed by atoms with Crippen LogP contribution in [0.15, 0.2) is 72.3 Å². The van der Waals surface area contributed by atoms with Gasteiger partial charge in [0.2, 0.25) is 5.91 Å². The van der Waals surface area contributed by atoms with E-state index < -0.39 is 0 Å². The molecule has 1 N–H and O–H groups in total. The summed E-state index contributed by atoms with van der Waals surface area (Å²) in [6.45, 7) is 2.39. The molecule has 144 valence electrons. The number of para-hydroxylation sites is 1. The highest BCUT2D eigenvalue weighted by molar-refractivity contribution is 7.09. The zero-order chi connectivity index (χ0) is 20.1. The largest absolute Gasteiger partial charge is 0.487 e. The molecule has 0 aliphatic heterocycles. The number of benzene rings is 2. The number of carbonyl (C=O) groups is 1. The highest BCUT2D eigenvalue weighted by atomic mass is 32.1. The Morgan fingerprint density at radius 1 is 1.17 bits per heavy atom. The van der Waals surface area contributed by atoms with Crippen LogP contribution in [0.2, 0.25) is 0 Å². The van der Waals surface area contributed by atoms with E-state index in [9.17, 15) is 4.79 Å². The van der Waals surface area contributed by atoms with E-state index in [1.165, 1.54) is 6.08 Å². The molecule has 0 saturated carbocycles. The second-order valence-electron chi connectivity index (χ2n) is 6.46. The fraction of sp³-hybridized carbons (Fsp3) is 0.0870. The lowest BCUT2D eigenvalue weighted by atomic mass is 10.2. The lowest BCUT2D eigenvalue weighted by Crippen LogP contribution is -2.07. The van der Waals surface area contributed by atoms with Gasteiger partial charge in [-0.15, -0.1) is 11.3 Å². The molecule has 5 nitrogen and oxygen atoms in total. The SMILES string of the molecule is Cc1nc(COc2cccc(/C=C/C(=O)Nc3cnc4ccccc4c3)c2)cs1. The summed E-state index contributed by atoms with van der Waals surface area (Å²) in [4.78, 5) is 21.0. The number of thiazole rings is 1. The first-order valence-corrected chi connectivity index (χ1v) is 10.0. The van der Waals surface area contributed by atoms with Crippen LogP contribution >= 0.6 is 11.3 Å². The molecule has 4 aromatic rings. The van der Waals surface area contributed by atoms with Crippen LogP contribution in [-0.2, 0) is 11.4 Å². The van der Waals surface area contributed by atoms with Crippen LogP contribution in [0.25, 0.3) is 17.0 Å². The van der Waals surface area contributed by atoms with Gasteiger partial charge in [-0.2, -0.15) is 0 Å². The van der Waals surface area contributed by atoms with Crippen molar-refractivity contribution in [3.63, 3.8) is 0 Å². The number of amides is 1. The van der Waals surface area contributed by atoms with Gasteiger partial charge in [-0.3, -0.25) is 9.78 Å². The molecule has 2 aromatic carbocycles. The van der Waals surface area contributed by atoms with Crippen molar-refractivity contribution in [2.24, 2.45) is 0 Å². The number of hydrogen-bond donors (Lipinski definition) is 1. The van der Waals surface area contributed by atoms with Gasteiger partial charge in [0, 0.05) is 16.8 Å². The maximum Gasteiger partial charge on any atom is 0.248 e. The Morgan fingerprint density at radius 3 is 2.93 bits per heavy atom. The van der Waals surface area contributed by atoms with Gasteiger partial charge in [0.25, 0.3) is 0 Å². The van der Waals surface area contributed by atoms with E-state index in [4.69, 9.17) is 4.74 Å². The highest BCUT2D eigenvalue weighted by Crippen LogP contribution is 2.18. The summed E-state index contributed by atoms with van der Waals surface area (Å²) in [5.74, 6) is 0.517. The molecule has 2 aromatic heterocycles. The van der Waals surface area contributed by atoms with Crippen molar-refractivity contribution in [2.45, 2.75) is 13.5 Å².